The molecule has 6 heteroatoms. The minimum absolute atomic E-state index is 0.00152. The van der Waals surface area contributed by atoms with E-state index in [0.29, 0.717) is 19.0 Å². The average Bonchev–Trinajstić information content (AvgIpc) is 3.30. The number of rotatable bonds is 5. The molecule has 0 N–H and O–H groups in total. The predicted molar refractivity (Wildman–Crippen MR) is 116 cm³/mol. The van der Waals surface area contributed by atoms with Gasteiger partial charge in [-0.15, -0.1) is 0 Å². The number of halogens is 1. The minimum atomic E-state index is -0.307. The Bertz CT molecular complexity index is 913. The van der Waals surface area contributed by atoms with E-state index in [0.717, 1.165) is 43.7 Å². The third-order valence-electron chi connectivity index (χ3n) is 6.48. The van der Waals surface area contributed by atoms with Crippen LogP contribution in [0.25, 0.3) is 0 Å². The molecular weight excluding hydrogens is 395 g/mol. The fourth-order valence-electron chi connectivity index (χ4n) is 4.66. The summed E-state index contributed by atoms with van der Waals surface area (Å²) in [5, 5.41) is 0. The van der Waals surface area contributed by atoms with Crippen LogP contribution in [-0.2, 0) is 16.0 Å². The molecule has 164 valence electrons. The molecule has 0 aliphatic carbocycles. The number of ether oxygens (including phenoxy) is 1. The number of likely N-dealkylation sites (tertiary alicyclic amines) is 2. The molecule has 5 nitrogen and oxygen atoms in total. The molecule has 2 aromatic rings. The lowest BCUT2D eigenvalue weighted by molar-refractivity contribution is -0.139. The highest BCUT2D eigenvalue weighted by atomic mass is 19.1. The molecule has 0 radical (unpaired) electrons. The van der Waals surface area contributed by atoms with Crippen LogP contribution in [0.1, 0.15) is 36.3 Å². The summed E-state index contributed by atoms with van der Waals surface area (Å²) in [6.07, 6.45) is 2.85. The van der Waals surface area contributed by atoms with Gasteiger partial charge >= 0.3 is 0 Å². The van der Waals surface area contributed by atoms with Gasteiger partial charge in [0, 0.05) is 32.1 Å². The summed E-state index contributed by atoms with van der Waals surface area (Å²) < 4.78 is 18.3. The topological polar surface area (TPSA) is 49.9 Å². The first-order valence-electron chi connectivity index (χ1n) is 11.0. The van der Waals surface area contributed by atoms with Crippen LogP contribution in [0.4, 0.5) is 4.39 Å². The highest BCUT2D eigenvalue weighted by Gasteiger charge is 2.34. The standard InChI is InChI=1S/C25H29FN2O3/c1-31-23-10-6-19(7-11-23)20-12-14-28(16-20)25(30)21-3-2-13-27(17-21)24(29)15-18-4-8-22(26)9-5-18/h4-11,20-21H,2-3,12-17H2,1H3. The lowest BCUT2D eigenvalue weighted by Gasteiger charge is -2.34. The smallest absolute Gasteiger partial charge is 0.227 e. The molecular formula is C25H29FN2O3. The number of methoxy groups -OCH3 is 1. The second-order valence-electron chi connectivity index (χ2n) is 8.53. The average molecular weight is 425 g/mol. The fourth-order valence-corrected chi connectivity index (χ4v) is 4.66. The van der Waals surface area contributed by atoms with E-state index in [9.17, 15) is 14.0 Å². The van der Waals surface area contributed by atoms with Crippen molar-refractivity contribution in [3.05, 3.63) is 65.5 Å². The Kier molecular flexibility index (Phi) is 6.54. The highest BCUT2D eigenvalue weighted by molar-refractivity contribution is 5.82. The summed E-state index contributed by atoms with van der Waals surface area (Å²) in [5.41, 5.74) is 2.03. The Balaban J connectivity index is 1.33. The molecule has 2 saturated heterocycles. The van der Waals surface area contributed by atoms with Crippen molar-refractivity contribution in [3.63, 3.8) is 0 Å². The van der Waals surface area contributed by atoms with E-state index >= 15 is 0 Å². The Morgan fingerprint density at radius 1 is 0.968 bits per heavy atom. The molecule has 2 aliphatic heterocycles. The first kappa shape index (κ1) is 21.3. The van der Waals surface area contributed by atoms with Gasteiger partial charge in [-0.1, -0.05) is 24.3 Å². The molecule has 2 atom stereocenters. The van der Waals surface area contributed by atoms with Crippen LogP contribution in [0.2, 0.25) is 0 Å². The Morgan fingerprint density at radius 3 is 2.42 bits per heavy atom. The van der Waals surface area contributed by atoms with Crippen molar-refractivity contribution in [2.24, 2.45) is 5.92 Å². The van der Waals surface area contributed by atoms with Crippen molar-refractivity contribution >= 4 is 11.8 Å². The summed E-state index contributed by atoms with van der Waals surface area (Å²) in [6, 6.07) is 14.1. The summed E-state index contributed by atoms with van der Waals surface area (Å²) >= 11 is 0. The zero-order chi connectivity index (χ0) is 21.8. The van der Waals surface area contributed by atoms with E-state index in [2.05, 4.69) is 12.1 Å². The highest BCUT2D eigenvalue weighted by Crippen LogP contribution is 2.30. The van der Waals surface area contributed by atoms with Crippen molar-refractivity contribution < 1.29 is 18.7 Å². The summed E-state index contributed by atoms with van der Waals surface area (Å²) in [6.45, 7) is 2.64. The molecule has 4 rings (SSSR count). The zero-order valence-electron chi connectivity index (χ0n) is 17.9. The number of hydrogen-bond acceptors (Lipinski definition) is 3. The van der Waals surface area contributed by atoms with Crippen molar-refractivity contribution in [1.82, 2.24) is 9.80 Å². The molecule has 0 aromatic heterocycles. The van der Waals surface area contributed by atoms with E-state index in [4.69, 9.17) is 4.74 Å². The van der Waals surface area contributed by atoms with Crippen molar-refractivity contribution in [2.45, 2.75) is 31.6 Å². The lowest BCUT2D eigenvalue weighted by atomic mass is 9.95. The molecule has 0 bridgehead atoms. The Morgan fingerprint density at radius 2 is 1.71 bits per heavy atom. The monoisotopic (exact) mass is 424 g/mol. The van der Waals surface area contributed by atoms with Crippen LogP contribution in [0.15, 0.2) is 48.5 Å². The number of carbonyl (C=O) groups excluding carboxylic acids is 2. The second-order valence-corrected chi connectivity index (χ2v) is 8.53. The summed E-state index contributed by atoms with van der Waals surface area (Å²) in [5.74, 6) is 0.896. The third-order valence-corrected chi connectivity index (χ3v) is 6.48. The summed E-state index contributed by atoms with van der Waals surface area (Å²) in [4.78, 5) is 29.7. The number of piperidine rings is 1. The molecule has 2 amide bonds. The van der Waals surface area contributed by atoms with Gasteiger partial charge in [0.25, 0.3) is 0 Å². The predicted octanol–water partition coefficient (Wildman–Crippen LogP) is 3.63. The second kappa shape index (κ2) is 9.50. The van der Waals surface area contributed by atoms with E-state index in [1.165, 1.54) is 17.7 Å². The zero-order valence-corrected chi connectivity index (χ0v) is 17.9. The number of carbonyl (C=O) groups is 2. The number of hydrogen-bond donors (Lipinski definition) is 0. The normalized spacial score (nSPS) is 21.2. The molecule has 2 heterocycles. The van der Waals surface area contributed by atoms with Gasteiger partial charge in [-0.2, -0.15) is 0 Å². The van der Waals surface area contributed by atoms with Gasteiger partial charge < -0.3 is 14.5 Å². The Labute approximate surface area is 182 Å². The quantitative estimate of drug-likeness (QED) is 0.737. The van der Waals surface area contributed by atoms with Crippen molar-refractivity contribution in [1.29, 1.82) is 0 Å². The van der Waals surface area contributed by atoms with Crippen LogP contribution in [0.3, 0.4) is 0 Å². The molecule has 2 aliphatic rings. The SMILES string of the molecule is COc1ccc(C2CCN(C(=O)C3CCCN(C(=O)Cc4ccc(F)cc4)C3)C2)cc1. The molecule has 0 saturated carbocycles. The number of benzene rings is 2. The van der Waals surface area contributed by atoms with Crippen molar-refractivity contribution in [3.8, 4) is 5.75 Å². The van der Waals surface area contributed by atoms with Crippen LogP contribution in [0, 0.1) is 11.7 Å². The number of amides is 2. The van der Waals surface area contributed by atoms with E-state index in [1.54, 1.807) is 24.1 Å². The van der Waals surface area contributed by atoms with Crippen LogP contribution in [-0.4, -0.2) is 54.9 Å². The van der Waals surface area contributed by atoms with Gasteiger partial charge in [-0.3, -0.25) is 9.59 Å². The van der Waals surface area contributed by atoms with E-state index < -0.39 is 0 Å². The largest absolute Gasteiger partial charge is 0.497 e. The lowest BCUT2D eigenvalue weighted by Crippen LogP contribution is -2.46. The van der Waals surface area contributed by atoms with E-state index in [-0.39, 0.29) is 30.0 Å². The molecule has 2 aromatic carbocycles. The molecule has 31 heavy (non-hydrogen) atoms. The first-order valence-corrected chi connectivity index (χ1v) is 11.0. The van der Waals surface area contributed by atoms with Gasteiger partial charge in [0.1, 0.15) is 11.6 Å². The molecule has 2 unspecified atom stereocenters. The fraction of sp³-hybridized carbons (Fsp3) is 0.440. The van der Waals surface area contributed by atoms with Gasteiger partial charge in [-0.05, 0) is 54.7 Å². The van der Waals surface area contributed by atoms with Gasteiger partial charge in [0.05, 0.1) is 19.4 Å². The van der Waals surface area contributed by atoms with Crippen molar-refractivity contribution in [2.75, 3.05) is 33.3 Å². The number of nitrogens with zero attached hydrogens (tertiary/aromatic N) is 2. The maximum atomic E-state index is 13.2. The third kappa shape index (κ3) is 5.06. The van der Waals surface area contributed by atoms with Crippen LogP contribution >= 0.6 is 0 Å². The van der Waals surface area contributed by atoms with Gasteiger partial charge in [0.15, 0.2) is 0 Å². The van der Waals surface area contributed by atoms with Crippen LogP contribution < -0.4 is 4.74 Å². The van der Waals surface area contributed by atoms with Gasteiger partial charge in [-0.25, -0.2) is 4.39 Å². The summed E-state index contributed by atoms with van der Waals surface area (Å²) in [7, 11) is 1.66. The first-order chi connectivity index (χ1) is 15.0. The minimum Gasteiger partial charge on any atom is -0.497 e. The molecule has 0 spiro atoms. The Hall–Kier alpha value is -2.89. The van der Waals surface area contributed by atoms with E-state index in [1.807, 2.05) is 17.0 Å². The maximum absolute atomic E-state index is 13.2. The maximum Gasteiger partial charge on any atom is 0.227 e. The van der Waals surface area contributed by atoms with Gasteiger partial charge in [0.2, 0.25) is 11.8 Å². The van der Waals surface area contributed by atoms with Crippen LogP contribution in [0.5, 0.6) is 5.75 Å². The molecule has 2 fully saturated rings.